The van der Waals surface area contributed by atoms with Gasteiger partial charge in [0.15, 0.2) is 0 Å². The first-order valence-electron chi connectivity index (χ1n) is 5.23. The molecule has 0 unspecified atom stereocenters. The van der Waals surface area contributed by atoms with E-state index in [9.17, 15) is 26.0 Å². The van der Waals surface area contributed by atoms with Crippen LogP contribution in [-0.2, 0) is 10.0 Å². The minimum absolute atomic E-state index is 0.323. The van der Waals surface area contributed by atoms with E-state index in [1.807, 2.05) is 0 Å². The highest BCUT2D eigenvalue weighted by Crippen LogP contribution is 2.49. The summed E-state index contributed by atoms with van der Waals surface area (Å²) in [5.74, 6) is -0.770. The Kier molecular flexibility index (Phi) is 3.01. The maximum Gasteiger partial charge on any atom is 0.407 e. The molecule has 1 aromatic carbocycles. The Labute approximate surface area is 106 Å². The zero-order chi connectivity index (χ0) is 14.5. The van der Waals surface area contributed by atoms with E-state index in [0.717, 1.165) is 18.2 Å². The average molecular weight is 298 g/mol. The number of hydrogen-bond acceptors (Lipinski definition) is 3. The molecular weight excluding hydrogens is 288 g/mol. The summed E-state index contributed by atoms with van der Waals surface area (Å²) in [4.78, 5) is -0.565. The highest BCUT2D eigenvalue weighted by atomic mass is 32.2. The predicted octanol–water partition coefficient (Wildman–Crippen LogP) is 1.78. The average Bonchev–Trinajstić information content (AvgIpc) is 2.96. The number of sulfonamides is 1. The fourth-order valence-corrected chi connectivity index (χ4v) is 3.21. The third-order valence-electron chi connectivity index (χ3n) is 2.88. The van der Waals surface area contributed by atoms with E-state index < -0.39 is 38.1 Å². The third kappa shape index (κ3) is 2.52. The largest absolute Gasteiger partial charge is 0.407 e. The summed E-state index contributed by atoms with van der Waals surface area (Å²) >= 11 is 0. The minimum Gasteiger partial charge on any atom is -0.398 e. The molecule has 1 aliphatic rings. The molecule has 0 saturated heterocycles. The normalized spacial score (nSPS) is 18.3. The monoisotopic (exact) mass is 298 g/mol. The Hall–Kier alpha value is -1.35. The van der Waals surface area contributed by atoms with Gasteiger partial charge in [-0.1, -0.05) is 0 Å². The Bertz CT molecular complexity index is 608. The van der Waals surface area contributed by atoms with Gasteiger partial charge in [0.25, 0.3) is 0 Å². The van der Waals surface area contributed by atoms with Crippen LogP contribution in [0.2, 0.25) is 0 Å². The fourth-order valence-electron chi connectivity index (χ4n) is 1.64. The van der Waals surface area contributed by atoms with Gasteiger partial charge in [0.1, 0.15) is 16.3 Å². The number of halogens is 4. The number of hydrogen-bond donors (Lipinski definition) is 2. The standard InChI is InChI=1S/C10H10F4N2O2S/c11-6-1-2-8(7(15)5-6)19(17,18)16-9(3-4-9)10(12,13)14/h1-2,5,16H,3-4,15H2. The van der Waals surface area contributed by atoms with Crippen LogP contribution in [0.25, 0.3) is 0 Å². The first kappa shape index (κ1) is 14.1. The second-order valence-corrected chi connectivity index (χ2v) is 6.02. The third-order valence-corrected chi connectivity index (χ3v) is 4.49. The molecule has 0 amide bonds. The zero-order valence-corrected chi connectivity index (χ0v) is 10.3. The molecule has 0 spiro atoms. The molecule has 9 heteroatoms. The van der Waals surface area contributed by atoms with E-state index in [-0.39, 0.29) is 12.8 Å². The van der Waals surface area contributed by atoms with Crippen molar-refractivity contribution in [3.05, 3.63) is 24.0 Å². The molecule has 4 nitrogen and oxygen atoms in total. The van der Waals surface area contributed by atoms with Gasteiger partial charge in [0.2, 0.25) is 10.0 Å². The van der Waals surface area contributed by atoms with Crippen molar-refractivity contribution < 1.29 is 26.0 Å². The van der Waals surface area contributed by atoms with Gasteiger partial charge in [-0.3, -0.25) is 0 Å². The molecule has 1 saturated carbocycles. The molecule has 0 heterocycles. The van der Waals surface area contributed by atoms with Crippen molar-refractivity contribution in [2.24, 2.45) is 0 Å². The molecule has 0 radical (unpaired) electrons. The van der Waals surface area contributed by atoms with Crippen molar-refractivity contribution in [2.45, 2.75) is 29.5 Å². The second-order valence-electron chi connectivity index (χ2n) is 4.37. The number of nitrogens with two attached hydrogens (primary N) is 1. The summed E-state index contributed by atoms with van der Waals surface area (Å²) in [7, 11) is -4.45. The first-order chi connectivity index (χ1) is 8.57. The fraction of sp³-hybridized carbons (Fsp3) is 0.400. The number of nitrogen functional groups attached to an aromatic ring is 1. The lowest BCUT2D eigenvalue weighted by Crippen LogP contribution is -2.47. The number of rotatable bonds is 3. The molecule has 1 fully saturated rings. The molecule has 0 bridgehead atoms. The van der Waals surface area contributed by atoms with Crippen molar-refractivity contribution in [2.75, 3.05) is 5.73 Å². The van der Waals surface area contributed by atoms with Gasteiger partial charge in [-0.15, -0.1) is 0 Å². The first-order valence-corrected chi connectivity index (χ1v) is 6.71. The van der Waals surface area contributed by atoms with Gasteiger partial charge in [-0.25, -0.2) is 12.8 Å². The van der Waals surface area contributed by atoms with E-state index in [1.54, 1.807) is 4.72 Å². The molecule has 19 heavy (non-hydrogen) atoms. The van der Waals surface area contributed by atoms with Crippen LogP contribution in [0.1, 0.15) is 12.8 Å². The van der Waals surface area contributed by atoms with Gasteiger partial charge in [-0.2, -0.15) is 17.9 Å². The van der Waals surface area contributed by atoms with Gasteiger partial charge in [-0.05, 0) is 31.0 Å². The lowest BCUT2D eigenvalue weighted by molar-refractivity contribution is -0.160. The number of anilines is 1. The van der Waals surface area contributed by atoms with Gasteiger partial charge >= 0.3 is 6.18 Å². The molecule has 106 valence electrons. The van der Waals surface area contributed by atoms with Crippen LogP contribution in [0, 0.1) is 5.82 Å². The SMILES string of the molecule is Nc1cc(F)ccc1S(=O)(=O)NC1(C(F)(F)F)CC1. The second kappa shape index (κ2) is 4.07. The number of nitrogens with one attached hydrogen (secondary N) is 1. The molecule has 0 atom stereocenters. The zero-order valence-electron chi connectivity index (χ0n) is 9.46. The van der Waals surface area contributed by atoms with Crippen LogP contribution >= 0.6 is 0 Å². The van der Waals surface area contributed by atoms with Crippen molar-refractivity contribution in [3.63, 3.8) is 0 Å². The van der Waals surface area contributed by atoms with Crippen molar-refractivity contribution >= 4 is 15.7 Å². The summed E-state index contributed by atoms with van der Waals surface area (Å²) in [6.07, 6.45) is -5.32. The van der Waals surface area contributed by atoms with Crippen molar-refractivity contribution in [1.82, 2.24) is 4.72 Å². The molecule has 0 aliphatic heterocycles. The van der Waals surface area contributed by atoms with Gasteiger partial charge in [0.05, 0.1) is 5.69 Å². The molecular formula is C10H10F4N2O2S. The lowest BCUT2D eigenvalue weighted by atomic mass is 10.3. The van der Waals surface area contributed by atoms with E-state index in [2.05, 4.69) is 0 Å². The molecule has 2 rings (SSSR count). The molecule has 1 aliphatic carbocycles. The Balaban J connectivity index is 2.34. The minimum atomic E-state index is -4.67. The van der Waals surface area contributed by atoms with Crippen molar-refractivity contribution in [3.8, 4) is 0 Å². The number of alkyl halides is 3. The van der Waals surface area contributed by atoms with E-state index in [0.29, 0.717) is 0 Å². The summed E-state index contributed by atoms with van der Waals surface area (Å²) < 4.78 is 76.2. The summed E-state index contributed by atoms with van der Waals surface area (Å²) in [5.41, 5.74) is 2.45. The van der Waals surface area contributed by atoms with E-state index in [1.165, 1.54) is 0 Å². The summed E-state index contributed by atoms with van der Waals surface area (Å²) in [5, 5.41) is 0. The quantitative estimate of drug-likeness (QED) is 0.660. The topological polar surface area (TPSA) is 72.2 Å². The summed E-state index contributed by atoms with van der Waals surface area (Å²) in [6.45, 7) is 0. The Morgan fingerprint density at radius 3 is 2.26 bits per heavy atom. The van der Waals surface area contributed by atoms with Gasteiger partial charge < -0.3 is 5.73 Å². The van der Waals surface area contributed by atoms with Crippen molar-refractivity contribution in [1.29, 1.82) is 0 Å². The van der Waals surface area contributed by atoms with Crippen LogP contribution in [-0.4, -0.2) is 20.1 Å². The van der Waals surface area contributed by atoms with Crippen LogP contribution in [0.15, 0.2) is 23.1 Å². The lowest BCUT2D eigenvalue weighted by Gasteiger charge is -2.21. The predicted molar refractivity (Wildman–Crippen MR) is 59.2 cm³/mol. The van der Waals surface area contributed by atoms with Gasteiger partial charge in [0, 0.05) is 0 Å². The van der Waals surface area contributed by atoms with E-state index in [4.69, 9.17) is 5.73 Å². The Morgan fingerprint density at radius 1 is 1.26 bits per heavy atom. The van der Waals surface area contributed by atoms with Crippen LogP contribution in [0.3, 0.4) is 0 Å². The summed E-state index contributed by atoms with van der Waals surface area (Å²) in [6, 6.07) is 2.39. The van der Waals surface area contributed by atoms with Crippen LogP contribution in [0.5, 0.6) is 0 Å². The molecule has 0 aromatic heterocycles. The smallest absolute Gasteiger partial charge is 0.398 e. The molecule has 3 N–H and O–H groups in total. The van der Waals surface area contributed by atoms with E-state index >= 15 is 0 Å². The highest BCUT2D eigenvalue weighted by molar-refractivity contribution is 7.89. The van der Waals surface area contributed by atoms with Crippen LogP contribution in [0.4, 0.5) is 23.2 Å². The highest BCUT2D eigenvalue weighted by Gasteiger charge is 2.65. The van der Waals surface area contributed by atoms with Crippen LogP contribution < -0.4 is 10.5 Å². The number of benzene rings is 1. The maximum atomic E-state index is 12.8. The molecule has 1 aromatic rings. The maximum absolute atomic E-state index is 12.8. The Morgan fingerprint density at radius 2 is 1.84 bits per heavy atom.